The number of nitrogens with two attached hydrogens (primary N) is 1. The third-order valence-corrected chi connectivity index (χ3v) is 6.36. The van der Waals surface area contributed by atoms with E-state index in [0.717, 1.165) is 44.0 Å². The Balaban J connectivity index is 1.37. The first-order valence-corrected chi connectivity index (χ1v) is 11.9. The summed E-state index contributed by atoms with van der Waals surface area (Å²) in [5.74, 6) is -0.464. The number of halogens is 1. The molecule has 0 saturated carbocycles. The highest BCUT2D eigenvalue weighted by atomic mass is 19.1. The number of aromatic hydroxyl groups is 1. The number of aryl methyl sites for hydroxylation is 1. The first kappa shape index (κ1) is 24.3. The number of carbonyl (C=O) groups excluding carboxylic acids is 1. The molecule has 0 spiro atoms. The summed E-state index contributed by atoms with van der Waals surface area (Å²) in [7, 11) is 0. The molecular formula is C27H26FN7O2. The van der Waals surface area contributed by atoms with Crippen LogP contribution in [0.1, 0.15) is 27.2 Å². The molecule has 2 aromatic carbocycles. The lowest BCUT2D eigenvalue weighted by Crippen LogP contribution is -2.46. The van der Waals surface area contributed by atoms with Gasteiger partial charge in [-0.25, -0.2) is 19.3 Å². The number of hydrogen-bond donors (Lipinski definition) is 2. The van der Waals surface area contributed by atoms with Crippen molar-refractivity contribution >= 4 is 17.5 Å². The lowest BCUT2D eigenvalue weighted by atomic mass is 9.98. The van der Waals surface area contributed by atoms with Crippen LogP contribution in [-0.2, 0) is 6.54 Å². The van der Waals surface area contributed by atoms with Gasteiger partial charge in [0.15, 0.2) is 5.78 Å². The fraction of sp³-hybridized carbons (Fsp3) is 0.222. The Morgan fingerprint density at radius 2 is 1.86 bits per heavy atom. The van der Waals surface area contributed by atoms with Crippen molar-refractivity contribution in [1.29, 1.82) is 0 Å². The van der Waals surface area contributed by atoms with E-state index >= 15 is 0 Å². The van der Waals surface area contributed by atoms with E-state index < -0.39 is 11.6 Å². The van der Waals surface area contributed by atoms with Crippen LogP contribution in [0.5, 0.6) is 5.75 Å². The van der Waals surface area contributed by atoms with Crippen LogP contribution >= 0.6 is 0 Å². The molecule has 4 aromatic rings. The summed E-state index contributed by atoms with van der Waals surface area (Å²) in [5, 5.41) is 10.6. The Hall–Kier alpha value is -4.44. The second-order valence-corrected chi connectivity index (χ2v) is 8.98. The first-order chi connectivity index (χ1) is 17.9. The normalized spacial score (nSPS) is 14.1. The van der Waals surface area contributed by atoms with E-state index in [2.05, 4.69) is 29.7 Å². The van der Waals surface area contributed by atoms with E-state index in [1.54, 1.807) is 31.6 Å². The van der Waals surface area contributed by atoms with E-state index in [4.69, 9.17) is 5.73 Å². The summed E-state index contributed by atoms with van der Waals surface area (Å²) < 4.78 is 14.4. The topological polar surface area (TPSA) is 121 Å². The van der Waals surface area contributed by atoms with Crippen molar-refractivity contribution in [1.82, 2.24) is 24.8 Å². The quantitative estimate of drug-likeness (QED) is 0.385. The van der Waals surface area contributed by atoms with Gasteiger partial charge in [0.2, 0.25) is 5.95 Å². The second-order valence-electron chi connectivity index (χ2n) is 8.98. The third-order valence-electron chi connectivity index (χ3n) is 6.36. The van der Waals surface area contributed by atoms with Gasteiger partial charge in [-0.1, -0.05) is 6.07 Å². The molecule has 0 bridgehead atoms. The van der Waals surface area contributed by atoms with Crippen LogP contribution in [0.3, 0.4) is 0 Å². The molecular weight excluding hydrogens is 473 g/mol. The Morgan fingerprint density at radius 3 is 2.59 bits per heavy atom. The summed E-state index contributed by atoms with van der Waals surface area (Å²) in [6.45, 7) is 5.55. The minimum absolute atomic E-state index is 0.0371. The molecule has 37 heavy (non-hydrogen) atoms. The molecule has 5 rings (SSSR count). The van der Waals surface area contributed by atoms with Crippen LogP contribution in [0.2, 0.25) is 0 Å². The molecule has 0 atom stereocenters. The molecule has 3 heterocycles. The number of piperazine rings is 1. The van der Waals surface area contributed by atoms with Crippen molar-refractivity contribution in [3.8, 4) is 17.0 Å². The van der Waals surface area contributed by atoms with Crippen LogP contribution < -0.4 is 10.6 Å². The zero-order chi connectivity index (χ0) is 25.9. The number of carbonyl (C=O) groups is 1. The molecule has 1 aliphatic heterocycles. The molecule has 1 saturated heterocycles. The largest absolute Gasteiger partial charge is 0.507 e. The highest BCUT2D eigenvalue weighted by molar-refractivity contribution is 6.10. The van der Waals surface area contributed by atoms with E-state index in [1.165, 1.54) is 30.3 Å². The van der Waals surface area contributed by atoms with E-state index in [-0.39, 0.29) is 22.8 Å². The van der Waals surface area contributed by atoms with Crippen molar-refractivity contribution in [3.63, 3.8) is 0 Å². The minimum Gasteiger partial charge on any atom is -0.507 e. The Bertz CT molecular complexity index is 1440. The van der Waals surface area contributed by atoms with Gasteiger partial charge in [0.05, 0.1) is 17.0 Å². The minimum atomic E-state index is -0.591. The van der Waals surface area contributed by atoms with Crippen molar-refractivity contribution in [2.75, 3.05) is 36.8 Å². The van der Waals surface area contributed by atoms with Gasteiger partial charge in [-0.2, -0.15) is 4.98 Å². The predicted molar refractivity (Wildman–Crippen MR) is 138 cm³/mol. The average Bonchev–Trinajstić information content (AvgIpc) is 2.89. The summed E-state index contributed by atoms with van der Waals surface area (Å²) in [6.07, 6.45) is 3.28. The van der Waals surface area contributed by atoms with Crippen molar-refractivity contribution in [3.05, 3.63) is 89.3 Å². The summed E-state index contributed by atoms with van der Waals surface area (Å²) in [4.78, 5) is 34.4. The van der Waals surface area contributed by atoms with E-state index in [9.17, 15) is 14.3 Å². The second kappa shape index (κ2) is 10.3. The Kier molecular flexibility index (Phi) is 6.74. The molecule has 2 aromatic heterocycles. The number of benzene rings is 2. The maximum absolute atomic E-state index is 14.4. The van der Waals surface area contributed by atoms with Gasteiger partial charge < -0.3 is 15.7 Å². The SMILES string of the molecule is Cc1ccc(C(=O)c2ccc(O)c(-c3cc(N4CCN(Cc5ccncn5)CC4)nc(N)n3)c2)c(F)c1. The smallest absolute Gasteiger partial charge is 0.222 e. The van der Waals surface area contributed by atoms with Crippen molar-refractivity contribution in [2.24, 2.45) is 0 Å². The number of aromatic nitrogens is 4. The number of nitrogens with zero attached hydrogens (tertiary/aromatic N) is 6. The lowest BCUT2D eigenvalue weighted by Gasteiger charge is -2.35. The van der Waals surface area contributed by atoms with Gasteiger partial charge in [-0.3, -0.25) is 9.69 Å². The molecule has 0 amide bonds. The fourth-order valence-electron chi connectivity index (χ4n) is 4.37. The molecule has 1 fully saturated rings. The number of phenolic OH excluding ortho intramolecular Hbond substituents is 1. The first-order valence-electron chi connectivity index (χ1n) is 11.9. The van der Waals surface area contributed by atoms with Gasteiger partial charge in [-0.15, -0.1) is 0 Å². The monoisotopic (exact) mass is 499 g/mol. The Morgan fingerprint density at radius 1 is 1.05 bits per heavy atom. The standard InChI is InChI=1S/C27H26FN7O2/c1-17-2-4-20(22(28)12-17)26(37)18-3-5-24(36)21(13-18)23-14-25(33-27(29)32-23)35-10-8-34(9-11-35)15-19-6-7-30-16-31-19/h2-7,12-14,16,36H,8-11,15H2,1H3,(H2,29,32,33). The third kappa shape index (κ3) is 5.39. The van der Waals surface area contributed by atoms with Gasteiger partial charge in [0, 0.05) is 56.1 Å². The van der Waals surface area contributed by atoms with Gasteiger partial charge in [-0.05, 0) is 48.9 Å². The number of phenols is 1. The predicted octanol–water partition coefficient (Wildman–Crippen LogP) is 3.22. The average molecular weight is 500 g/mol. The fourth-order valence-corrected chi connectivity index (χ4v) is 4.37. The van der Waals surface area contributed by atoms with Gasteiger partial charge >= 0.3 is 0 Å². The number of anilines is 2. The van der Waals surface area contributed by atoms with Crippen LogP contribution in [0, 0.1) is 12.7 Å². The van der Waals surface area contributed by atoms with Crippen LogP contribution in [-0.4, -0.2) is 61.9 Å². The highest BCUT2D eigenvalue weighted by Gasteiger charge is 2.21. The maximum atomic E-state index is 14.4. The number of nitrogen functional groups attached to an aromatic ring is 1. The zero-order valence-electron chi connectivity index (χ0n) is 20.3. The molecule has 3 N–H and O–H groups in total. The van der Waals surface area contributed by atoms with Crippen molar-refractivity contribution in [2.45, 2.75) is 13.5 Å². The van der Waals surface area contributed by atoms with Crippen LogP contribution in [0.4, 0.5) is 16.2 Å². The number of ketones is 1. The number of hydrogen-bond acceptors (Lipinski definition) is 9. The molecule has 10 heteroatoms. The number of rotatable bonds is 6. The summed E-state index contributed by atoms with van der Waals surface area (Å²) in [5.41, 5.74) is 8.61. The van der Waals surface area contributed by atoms with Crippen LogP contribution in [0.25, 0.3) is 11.3 Å². The molecule has 9 nitrogen and oxygen atoms in total. The molecule has 1 aliphatic rings. The maximum Gasteiger partial charge on any atom is 0.222 e. The molecule has 0 aliphatic carbocycles. The van der Waals surface area contributed by atoms with E-state index in [1.807, 2.05) is 6.07 Å². The Labute approximate surface area is 213 Å². The molecule has 188 valence electrons. The van der Waals surface area contributed by atoms with Crippen molar-refractivity contribution < 1.29 is 14.3 Å². The van der Waals surface area contributed by atoms with Gasteiger partial charge in [0.25, 0.3) is 0 Å². The highest BCUT2D eigenvalue weighted by Crippen LogP contribution is 2.32. The lowest BCUT2D eigenvalue weighted by molar-refractivity contribution is 0.103. The summed E-state index contributed by atoms with van der Waals surface area (Å²) in [6, 6.07) is 12.5. The van der Waals surface area contributed by atoms with E-state index in [0.29, 0.717) is 17.1 Å². The zero-order valence-corrected chi connectivity index (χ0v) is 20.3. The summed E-state index contributed by atoms with van der Waals surface area (Å²) >= 11 is 0. The van der Waals surface area contributed by atoms with Gasteiger partial charge in [0.1, 0.15) is 23.7 Å². The van der Waals surface area contributed by atoms with Crippen LogP contribution in [0.15, 0.2) is 61.1 Å². The molecule has 0 unspecified atom stereocenters. The molecule has 0 radical (unpaired) electrons.